The molecule has 1 aliphatic rings. The number of benzene rings is 1. The molecule has 4 aromatic rings. The molecule has 8 nitrogen and oxygen atoms in total. The summed E-state index contributed by atoms with van der Waals surface area (Å²) in [4.78, 5) is 16.1. The van der Waals surface area contributed by atoms with E-state index in [2.05, 4.69) is 42.5 Å². The summed E-state index contributed by atoms with van der Waals surface area (Å²) in [5.74, 6) is 2.10. The average Bonchev–Trinajstić information content (AvgIpc) is 3.24. The van der Waals surface area contributed by atoms with Crippen molar-refractivity contribution >= 4 is 11.5 Å². The molecule has 1 aromatic carbocycles. The number of rotatable bonds is 3. The van der Waals surface area contributed by atoms with Crippen LogP contribution in [-0.4, -0.2) is 48.1 Å². The van der Waals surface area contributed by atoms with E-state index in [0.717, 1.165) is 48.8 Å². The van der Waals surface area contributed by atoms with Gasteiger partial charge < -0.3 is 4.90 Å². The van der Waals surface area contributed by atoms with Crippen molar-refractivity contribution in [1.29, 1.82) is 0 Å². The van der Waals surface area contributed by atoms with Crippen LogP contribution < -0.4 is 4.90 Å². The topological polar surface area (TPSA) is 85.0 Å². The van der Waals surface area contributed by atoms with E-state index in [1.807, 2.05) is 30.5 Å². The largest absolute Gasteiger partial charge is 0.353 e. The molecule has 3 aromatic heterocycles. The minimum atomic E-state index is 0.348. The van der Waals surface area contributed by atoms with E-state index < -0.39 is 0 Å². The molecule has 134 valence electrons. The standard InChI is InChI=1S/C19H18N8/c1-2-4-14(5-3-1)16-6-9-20-17(22-16)15-7-11-26(12-8-15)18-19-23-24-25-27(19)13-10-21-18/h1-6,9-10,13,15H,7-8,11-12H2. The fourth-order valence-electron chi connectivity index (χ4n) is 3.58. The summed E-state index contributed by atoms with van der Waals surface area (Å²) in [7, 11) is 0. The minimum absolute atomic E-state index is 0.348. The van der Waals surface area contributed by atoms with Crippen molar-refractivity contribution < 1.29 is 0 Å². The highest BCUT2D eigenvalue weighted by Gasteiger charge is 2.25. The van der Waals surface area contributed by atoms with Gasteiger partial charge in [0.2, 0.25) is 5.65 Å². The Labute approximate surface area is 155 Å². The first-order valence-electron chi connectivity index (χ1n) is 9.04. The number of nitrogens with zero attached hydrogens (tertiary/aromatic N) is 8. The molecule has 8 heteroatoms. The molecule has 0 aliphatic carbocycles. The zero-order valence-electron chi connectivity index (χ0n) is 14.7. The Morgan fingerprint density at radius 2 is 1.78 bits per heavy atom. The van der Waals surface area contributed by atoms with Gasteiger partial charge in [-0.1, -0.05) is 30.3 Å². The van der Waals surface area contributed by atoms with Crippen molar-refractivity contribution in [1.82, 2.24) is 35.0 Å². The molecule has 0 bridgehead atoms. The number of aromatic nitrogens is 7. The lowest BCUT2D eigenvalue weighted by molar-refractivity contribution is 0.484. The maximum Gasteiger partial charge on any atom is 0.221 e. The zero-order chi connectivity index (χ0) is 18.1. The van der Waals surface area contributed by atoms with Crippen LogP contribution in [0.5, 0.6) is 0 Å². The first-order valence-corrected chi connectivity index (χ1v) is 9.04. The Kier molecular flexibility index (Phi) is 3.93. The van der Waals surface area contributed by atoms with Crippen LogP contribution in [0.1, 0.15) is 24.6 Å². The van der Waals surface area contributed by atoms with Gasteiger partial charge in [-0.05, 0) is 29.3 Å². The van der Waals surface area contributed by atoms with E-state index in [0.29, 0.717) is 11.6 Å². The average molecular weight is 358 g/mol. The lowest BCUT2D eigenvalue weighted by Gasteiger charge is -2.31. The third kappa shape index (κ3) is 2.99. The smallest absolute Gasteiger partial charge is 0.221 e. The number of hydrogen-bond acceptors (Lipinski definition) is 7. The minimum Gasteiger partial charge on any atom is -0.353 e. The molecule has 27 heavy (non-hydrogen) atoms. The molecule has 0 saturated carbocycles. The van der Waals surface area contributed by atoms with Crippen LogP contribution in [0.25, 0.3) is 16.9 Å². The second kappa shape index (κ2) is 6.71. The van der Waals surface area contributed by atoms with Gasteiger partial charge in [0.05, 0.1) is 11.9 Å². The maximum atomic E-state index is 4.82. The highest BCUT2D eigenvalue weighted by Crippen LogP contribution is 2.29. The van der Waals surface area contributed by atoms with E-state index in [-0.39, 0.29) is 0 Å². The van der Waals surface area contributed by atoms with Crippen LogP contribution in [0.15, 0.2) is 55.0 Å². The van der Waals surface area contributed by atoms with Crippen LogP contribution >= 0.6 is 0 Å². The Morgan fingerprint density at radius 3 is 2.63 bits per heavy atom. The highest BCUT2D eigenvalue weighted by molar-refractivity contribution is 5.63. The molecule has 1 saturated heterocycles. The van der Waals surface area contributed by atoms with Gasteiger partial charge in [-0.2, -0.15) is 4.52 Å². The van der Waals surface area contributed by atoms with E-state index in [1.165, 1.54) is 0 Å². The number of fused-ring (bicyclic) bond motifs is 1. The molecule has 1 aliphatic heterocycles. The number of piperidine rings is 1. The van der Waals surface area contributed by atoms with Gasteiger partial charge in [0.25, 0.3) is 0 Å². The van der Waals surface area contributed by atoms with E-state index in [4.69, 9.17) is 4.98 Å². The van der Waals surface area contributed by atoms with Crippen LogP contribution in [0.2, 0.25) is 0 Å². The van der Waals surface area contributed by atoms with Crippen molar-refractivity contribution in [3.63, 3.8) is 0 Å². The molecule has 1 fully saturated rings. The van der Waals surface area contributed by atoms with Gasteiger partial charge >= 0.3 is 0 Å². The van der Waals surface area contributed by atoms with Crippen molar-refractivity contribution in [3.05, 3.63) is 60.8 Å². The van der Waals surface area contributed by atoms with Crippen molar-refractivity contribution in [3.8, 4) is 11.3 Å². The number of anilines is 1. The Morgan fingerprint density at radius 1 is 0.926 bits per heavy atom. The molecule has 4 heterocycles. The monoisotopic (exact) mass is 358 g/mol. The molecule has 0 N–H and O–H groups in total. The normalized spacial score (nSPS) is 15.3. The van der Waals surface area contributed by atoms with Gasteiger partial charge in [-0.3, -0.25) is 0 Å². The van der Waals surface area contributed by atoms with Crippen LogP contribution in [0.4, 0.5) is 5.82 Å². The molecular weight excluding hydrogens is 340 g/mol. The summed E-state index contributed by atoms with van der Waals surface area (Å²) in [5, 5.41) is 11.8. The molecule has 0 radical (unpaired) electrons. The summed E-state index contributed by atoms with van der Waals surface area (Å²) in [6, 6.07) is 12.2. The van der Waals surface area contributed by atoms with E-state index in [9.17, 15) is 0 Å². The summed E-state index contributed by atoms with van der Waals surface area (Å²) in [5.41, 5.74) is 2.79. The molecular formula is C19H18N8. The van der Waals surface area contributed by atoms with Gasteiger partial charge in [0, 0.05) is 37.0 Å². The molecule has 5 rings (SSSR count). The zero-order valence-corrected chi connectivity index (χ0v) is 14.7. The summed E-state index contributed by atoms with van der Waals surface area (Å²) in [6.07, 6.45) is 7.30. The predicted octanol–water partition coefficient (Wildman–Crippen LogP) is 2.36. The molecule has 0 spiro atoms. The van der Waals surface area contributed by atoms with Gasteiger partial charge in [0.1, 0.15) is 5.82 Å². The van der Waals surface area contributed by atoms with Crippen LogP contribution in [0, 0.1) is 0 Å². The van der Waals surface area contributed by atoms with Gasteiger partial charge in [0.15, 0.2) is 5.82 Å². The number of tetrazole rings is 1. The quantitative estimate of drug-likeness (QED) is 0.556. The molecule has 0 unspecified atom stereocenters. The lowest BCUT2D eigenvalue weighted by Crippen LogP contribution is -2.34. The second-order valence-electron chi connectivity index (χ2n) is 6.63. The van der Waals surface area contributed by atoms with Crippen molar-refractivity contribution in [2.24, 2.45) is 0 Å². The van der Waals surface area contributed by atoms with Crippen molar-refractivity contribution in [2.45, 2.75) is 18.8 Å². The van der Waals surface area contributed by atoms with E-state index in [1.54, 1.807) is 16.9 Å². The highest BCUT2D eigenvalue weighted by atomic mass is 15.5. The summed E-state index contributed by atoms with van der Waals surface area (Å²) in [6.45, 7) is 1.76. The third-order valence-electron chi connectivity index (χ3n) is 5.00. The first-order chi connectivity index (χ1) is 13.4. The second-order valence-corrected chi connectivity index (χ2v) is 6.63. The van der Waals surface area contributed by atoms with Crippen molar-refractivity contribution in [2.75, 3.05) is 18.0 Å². The summed E-state index contributed by atoms with van der Waals surface area (Å²) < 4.78 is 1.65. The third-order valence-corrected chi connectivity index (χ3v) is 5.00. The van der Waals surface area contributed by atoms with Crippen LogP contribution in [0.3, 0.4) is 0 Å². The number of hydrogen-bond donors (Lipinski definition) is 0. The van der Waals surface area contributed by atoms with E-state index >= 15 is 0 Å². The Balaban J connectivity index is 1.34. The predicted molar refractivity (Wildman–Crippen MR) is 100 cm³/mol. The SMILES string of the molecule is c1ccc(-c2ccnc(C3CCN(c4nccn5nnnc45)CC3)n2)cc1. The first kappa shape index (κ1) is 15.8. The molecule has 0 atom stereocenters. The summed E-state index contributed by atoms with van der Waals surface area (Å²) >= 11 is 0. The van der Waals surface area contributed by atoms with Gasteiger partial charge in [-0.15, -0.1) is 5.10 Å². The van der Waals surface area contributed by atoms with Crippen LogP contribution in [-0.2, 0) is 0 Å². The fourth-order valence-corrected chi connectivity index (χ4v) is 3.58. The Bertz CT molecular complexity index is 1050. The Hall–Kier alpha value is -3.42. The van der Waals surface area contributed by atoms with Gasteiger partial charge in [-0.25, -0.2) is 15.0 Å². The molecule has 0 amide bonds. The lowest BCUT2D eigenvalue weighted by atomic mass is 9.95. The maximum absolute atomic E-state index is 4.82. The fraction of sp³-hybridized carbons (Fsp3) is 0.263.